The number of hydrogen-bond acceptors (Lipinski definition) is 6. The molecule has 7 heteroatoms. The monoisotopic (exact) mass is 479 g/mol. The van der Waals surface area contributed by atoms with Gasteiger partial charge in [0.05, 0.1) is 29.5 Å². The third-order valence-electron chi connectivity index (χ3n) is 6.32. The maximum atomic E-state index is 13.1. The number of β-amino-alcohol motifs (C(OH)–C–C–N with tert-alkyl or cyclic N) is 1. The molecule has 0 radical (unpaired) electrons. The molecule has 6 rings (SSSR count). The van der Waals surface area contributed by atoms with Crippen molar-refractivity contribution in [2.24, 2.45) is 0 Å². The lowest BCUT2D eigenvalue weighted by atomic mass is 9.87. The van der Waals surface area contributed by atoms with Crippen molar-refractivity contribution in [2.75, 3.05) is 18.1 Å². The fourth-order valence-electron chi connectivity index (χ4n) is 4.54. The van der Waals surface area contributed by atoms with Gasteiger partial charge in [0.25, 0.3) is 5.52 Å². The Morgan fingerprint density at radius 3 is 2.47 bits per heavy atom. The number of carbonyl (C=O) groups excluding carboxylic acids is 1. The molecule has 2 aliphatic rings. The van der Waals surface area contributed by atoms with E-state index < -0.39 is 0 Å². The van der Waals surface area contributed by atoms with E-state index in [0.717, 1.165) is 16.8 Å². The average molecular weight is 480 g/mol. The summed E-state index contributed by atoms with van der Waals surface area (Å²) in [6.07, 6.45) is 3.10. The van der Waals surface area contributed by atoms with Crippen molar-refractivity contribution < 1.29 is 28.7 Å². The highest BCUT2D eigenvalue weighted by Crippen LogP contribution is 2.40. The summed E-state index contributed by atoms with van der Waals surface area (Å²) in [5.41, 5.74) is 3.78. The van der Waals surface area contributed by atoms with E-state index in [0.29, 0.717) is 36.2 Å². The average Bonchev–Trinajstić information content (AvgIpc) is 3.44. The Kier molecular flexibility index (Phi) is 5.39. The topological polar surface area (TPSA) is 87.0 Å². The molecule has 3 aromatic carbocycles. The van der Waals surface area contributed by atoms with Gasteiger partial charge in [0.1, 0.15) is 5.76 Å². The quantitative estimate of drug-likeness (QED) is 0.317. The van der Waals surface area contributed by atoms with Gasteiger partial charge in [-0.15, -0.1) is 0 Å². The molecule has 0 saturated carbocycles. The van der Waals surface area contributed by atoms with Crippen LogP contribution in [0.2, 0.25) is 0 Å². The lowest BCUT2D eigenvalue weighted by molar-refractivity contribution is -0.669. The predicted molar refractivity (Wildman–Crippen MR) is 134 cm³/mol. The number of nitrogens with zero attached hydrogens (tertiary/aromatic N) is 2. The number of carbonyl (C=O) groups is 1. The molecule has 7 nitrogen and oxygen atoms in total. The lowest BCUT2D eigenvalue weighted by Crippen LogP contribution is -2.36. The molecule has 178 valence electrons. The minimum Gasteiger partial charge on any atom is -0.506 e. The number of ketones is 1. The summed E-state index contributed by atoms with van der Waals surface area (Å²) >= 11 is 0. The first-order valence-electron chi connectivity index (χ1n) is 11.7. The number of aromatic nitrogens is 1. The standard InChI is InChI=1S/C29H22N2O5/c32-15-14-30-22-10-4-6-12-24(22)35-26(30)16-20-28(33)21(29(20)34)17-27-31(18-19-8-2-1-3-9-19)23-11-5-7-13-25(23)36-27/h1-13,16-17,32H,14-15,18H2/p+1. The number of benzene rings is 3. The van der Waals surface area contributed by atoms with Crippen LogP contribution in [0.3, 0.4) is 0 Å². The number of rotatable bonds is 6. The molecule has 0 atom stereocenters. The van der Waals surface area contributed by atoms with Crippen LogP contribution in [-0.2, 0) is 11.3 Å². The summed E-state index contributed by atoms with van der Waals surface area (Å²) in [4.78, 5) is 14.9. The molecule has 0 amide bonds. The van der Waals surface area contributed by atoms with E-state index in [9.17, 15) is 15.0 Å². The van der Waals surface area contributed by atoms with Gasteiger partial charge in [-0.3, -0.25) is 4.79 Å². The highest BCUT2D eigenvalue weighted by molar-refractivity contribution is 6.23. The first kappa shape index (κ1) is 21.9. The summed E-state index contributed by atoms with van der Waals surface area (Å²) in [7, 11) is 0. The van der Waals surface area contributed by atoms with Crippen molar-refractivity contribution in [2.45, 2.75) is 6.54 Å². The Bertz CT molecular complexity index is 1580. The Labute approximate surface area is 207 Å². The van der Waals surface area contributed by atoms with Crippen LogP contribution in [0.5, 0.6) is 5.75 Å². The molecular formula is C29H23N2O5+. The highest BCUT2D eigenvalue weighted by Gasteiger charge is 2.37. The highest BCUT2D eigenvalue weighted by atomic mass is 16.5. The summed E-state index contributed by atoms with van der Waals surface area (Å²) < 4.78 is 13.9. The van der Waals surface area contributed by atoms with Crippen LogP contribution in [0.4, 0.5) is 5.69 Å². The van der Waals surface area contributed by atoms with E-state index in [2.05, 4.69) is 0 Å². The van der Waals surface area contributed by atoms with E-state index in [-0.39, 0.29) is 29.3 Å². The third-order valence-corrected chi connectivity index (χ3v) is 6.32. The summed E-state index contributed by atoms with van der Waals surface area (Å²) in [5.74, 6) is 1.04. The van der Waals surface area contributed by atoms with Gasteiger partial charge in [0, 0.05) is 24.3 Å². The SMILES string of the molecule is O=C1C(/C=C2/Oc3ccccc3N2CCO)=C(O)C/1=C/c1oc2ccccc2[n+]1Cc1ccccc1. The van der Waals surface area contributed by atoms with Gasteiger partial charge < -0.3 is 24.3 Å². The third kappa shape index (κ3) is 3.66. The molecular weight excluding hydrogens is 456 g/mol. The second-order valence-corrected chi connectivity index (χ2v) is 8.56. The Morgan fingerprint density at radius 2 is 1.67 bits per heavy atom. The van der Waals surface area contributed by atoms with Crippen molar-refractivity contribution in [3.63, 3.8) is 0 Å². The van der Waals surface area contributed by atoms with Crippen LogP contribution < -0.4 is 14.2 Å². The van der Waals surface area contributed by atoms with Crippen LogP contribution in [-0.4, -0.2) is 29.1 Å². The van der Waals surface area contributed by atoms with Crippen molar-refractivity contribution in [3.8, 4) is 5.75 Å². The van der Waals surface area contributed by atoms with Crippen molar-refractivity contribution in [1.29, 1.82) is 0 Å². The number of hydrogen-bond donors (Lipinski definition) is 2. The maximum absolute atomic E-state index is 13.1. The number of fused-ring (bicyclic) bond motifs is 2. The fourth-order valence-corrected chi connectivity index (χ4v) is 4.54. The Balaban J connectivity index is 1.37. The van der Waals surface area contributed by atoms with E-state index in [4.69, 9.17) is 9.15 Å². The Morgan fingerprint density at radius 1 is 0.917 bits per heavy atom. The van der Waals surface area contributed by atoms with E-state index >= 15 is 0 Å². The van der Waals surface area contributed by atoms with E-state index in [1.807, 2.05) is 83.4 Å². The summed E-state index contributed by atoms with van der Waals surface area (Å²) in [6.45, 7) is 0.758. The zero-order valence-electron chi connectivity index (χ0n) is 19.3. The first-order valence-corrected chi connectivity index (χ1v) is 11.7. The minimum atomic E-state index is -0.310. The maximum Gasteiger partial charge on any atom is 0.375 e. The second kappa shape index (κ2) is 8.87. The van der Waals surface area contributed by atoms with Crippen LogP contribution in [0, 0.1) is 0 Å². The molecule has 0 spiro atoms. The number of para-hydroxylation sites is 4. The van der Waals surface area contributed by atoms with E-state index in [1.165, 1.54) is 6.08 Å². The molecule has 0 bridgehead atoms. The smallest absolute Gasteiger partial charge is 0.375 e. The molecule has 1 aliphatic carbocycles. The normalized spacial score (nSPS) is 17.1. The lowest BCUT2D eigenvalue weighted by Gasteiger charge is -2.21. The molecule has 0 saturated heterocycles. The van der Waals surface area contributed by atoms with Crippen LogP contribution in [0.15, 0.2) is 112 Å². The van der Waals surface area contributed by atoms with Crippen LogP contribution in [0.25, 0.3) is 17.2 Å². The first-order chi connectivity index (χ1) is 17.6. The Hall–Kier alpha value is -4.62. The van der Waals surface area contributed by atoms with Crippen LogP contribution >= 0.6 is 0 Å². The van der Waals surface area contributed by atoms with Gasteiger partial charge in [-0.2, -0.15) is 4.57 Å². The molecule has 1 aromatic heterocycles. The molecule has 0 fully saturated rings. The molecule has 2 N–H and O–H groups in total. The van der Waals surface area contributed by atoms with Crippen molar-refractivity contribution in [3.05, 3.63) is 119 Å². The van der Waals surface area contributed by atoms with Gasteiger partial charge in [0.2, 0.25) is 17.2 Å². The predicted octanol–water partition coefficient (Wildman–Crippen LogP) is 4.28. The van der Waals surface area contributed by atoms with Gasteiger partial charge >= 0.3 is 5.89 Å². The fraction of sp³-hybridized carbons (Fsp3) is 0.103. The number of ether oxygens (including phenoxy) is 1. The number of Topliss-reactive ketones (excluding diaryl/α,β-unsaturated/α-hetero) is 1. The van der Waals surface area contributed by atoms with Crippen molar-refractivity contribution in [1.82, 2.24) is 0 Å². The molecule has 1 aliphatic heterocycles. The zero-order valence-corrected chi connectivity index (χ0v) is 19.3. The zero-order chi connectivity index (χ0) is 24.6. The van der Waals surface area contributed by atoms with Crippen LogP contribution in [0.1, 0.15) is 11.5 Å². The number of aliphatic hydroxyl groups excluding tert-OH is 2. The molecule has 2 heterocycles. The molecule has 36 heavy (non-hydrogen) atoms. The molecule has 4 aromatic rings. The number of allylic oxidation sites excluding steroid dienone is 3. The second-order valence-electron chi connectivity index (χ2n) is 8.56. The van der Waals surface area contributed by atoms with Gasteiger partial charge in [-0.1, -0.05) is 54.6 Å². The van der Waals surface area contributed by atoms with E-state index in [1.54, 1.807) is 11.0 Å². The minimum absolute atomic E-state index is 0.0906. The van der Waals surface area contributed by atoms with Gasteiger partial charge in [-0.05, 0) is 18.2 Å². The number of aliphatic hydroxyl groups is 2. The van der Waals surface area contributed by atoms with Crippen molar-refractivity contribution >= 4 is 28.6 Å². The number of anilines is 1. The molecule has 0 unspecified atom stereocenters. The number of oxazole rings is 1. The summed E-state index contributed by atoms with van der Waals surface area (Å²) in [6, 6.07) is 25.0. The largest absolute Gasteiger partial charge is 0.506 e. The van der Waals surface area contributed by atoms with Gasteiger partial charge in [-0.25, -0.2) is 0 Å². The summed E-state index contributed by atoms with van der Waals surface area (Å²) in [5, 5.41) is 20.3. The van der Waals surface area contributed by atoms with Gasteiger partial charge in [0.15, 0.2) is 12.3 Å².